The lowest BCUT2D eigenvalue weighted by atomic mass is 9.92. The maximum absolute atomic E-state index is 5.68. The fourth-order valence-corrected chi connectivity index (χ4v) is 2.86. The van der Waals surface area contributed by atoms with E-state index < -0.39 is 0 Å². The van der Waals surface area contributed by atoms with Crippen LogP contribution in [0.3, 0.4) is 0 Å². The molecule has 16 heavy (non-hydrogen) atoms. The monoisotopic (exact) mass is 226 g/mol. The van der Waals surface area contributed by atoms with Gasteiger partial charge >= 0.3 is 0 Å². The van der Waals surface area contributed by atoms with E-state index in [0.717, 1.165) is 38.7 Å². The largest absolute Gasteiger partial charge is 0.376 e. The molecule has 3 heteroatoms. The first-order valence-corrected chi connectivity index (χ1v) is 6.71. The van der Waals surface area contributed by atoms with Gasteiger partial charge in [0.15, 0.2) is 0 Å². The van der Waals surface area contributed by atoms with Crippen LogP contribution < -0.4 is 10.6 Å². The average molecular weight is 226 g/mol. The summed E-state index contributed by atoms with van der Waals surface area (Å²) < 4.78 is 5.68. The molecule has 2 fully saturated rings. The Labute approximate surface area is 99.3 Å². The molecule has 1 saturated heterocycles. The fourth-order valence-electron chi connectivity index (χ4n) is 2.86. The summed E-state index contributed by atoms with van der Waals surface area (Å²) in [5.41, 5.74) is 0.556. The van der Waals surface area contributed by atoms with Gasteiger partial charge in [-0.05, 0) is 37.6 Å². The zero-order valence-corrected chi connectivity index (χ0v) is 10.7. The van der Waals surface area contributed by atoms with Gasteiger partial charge in [0.2, 0.25) is 0 Å². The Kier molecular flexibility index (Phi) is 4.22. The van der Waals surface area contributed by atoms with Crippen LogP contribution in [0.15, 0.2) is 0 Å². The molecule has 2 atom stereocenters. The van der Waals surface area contributed by atoms with E-state index in [9.17, 15) is 0 Å². The van der Waals surface area contributed by atoms with Crippen LogP contribution in [0.1, 0.15) is 39.5 Å². The predicted octanol–water partition coefficient (Wildman–Crippen LogP) is 1.53. The van der Waals surface area contributed by atoms with E-state index in [0.29, 0.717) is 11.5 Å². The van der Waals surface area contributed by atoms with E-state index >= 15 is 0 Å². The minimum atomic E-state index is 0.427. The highest BCUT2D eigenvalue weighted by Crippen LogP contribution is 2.36. The maximum atomic E-state index is 5.68. The van der Waals surface area contributed by atoms with Crippen molar-refractivity contribution < 1.29 is 4.74 Å². The van der Waals surface area contributed by atoms with Crippen molar-refractivity contribution in [3.05, 3.63) is 0 Å². The first kappa shape index (κ1) is 12.3. The highest BCUT2D eigenvalue weighted by atomic mass is 16.5. The van der Waals surface area contributed by atoms with Crippen molar-refractivity contribution in [3.63, 3.8) is 0 Å². The molecule has 2 N–H and O–H groups in total. The highest BCUT2D eigenvalue weighted by Gasteiger charge is 2.30. The molecule has 2 unspecified atom stereocenters. The second-order valence-electron chi connectivity index (χ2n) is 6.04. The molecule has 1 heterocycles. The van der Waals surface area contributed by atoms with Gasteiger partial charge in [-0.1, -0.05) is 13.8 Å². The third-order valence-corrected chi connectivity index (χ3v) is 3.87. The van der Waals surface area contributed by atoms with Crippen LogP contribution >= 0.6 is 0 Å². The van der Waals surface area contributed by atoms with Crippen LogP contribution in [-0.4, -0.2) is 38.4 Å². The third kappa shape index (κ3) is 3.72. The Morgan fingerprint density at radius 3 is 2.94 bits per heavy atom. The lowest BCUT2D eigenvalue weighted by Crippen LogP contribution is -2.40. The van der Waals surface area contributed by atoms with Gasteiger partial charge in [0.05, 0.1) is 12.7 Å². The molecule has 94 valence electrons. The third-order valence-electron chi connectivity index (χ3n) is 3.87. The molecular weight excluding hydrogens is 200 g/mol. The minimum Gasteiger partial charge on any atom is -0.376 e. The van der Waals surface area contributed by atoms with E-state index in [1.165, 1.54) is 19.3 Å². The quantitative estimate of drug-likeness (QED) is 0.763. The van der Waals surface area contributed by atoms with Gasteiger partial charge in [-0.3, -0.25) is 0 Å². The Morgan fingerprint density at radius 1 is 1.44 bits per heavy atom. The summed E-state index contributed by atoms with van der Waals surface area (Å²) in [4.78, 5) is 0. The summed E-state index contributed by atoms with van der Waals surface area (Å²) in [6.45, 7) is 8.78. The van der Waals surface area contributed by atoms with E-state index in [1.54, 1.807) is 0 Å². The first-order chi connectivity index (χ1) is 7.66. The molecule has 0 aromatic carbocycles. The molecule has 0 spiro atoms. The van der Waals surface area contributed by atoms with E-state index in [4.69, 9.17) is 4.74 Å². The second kappa shape index (κ2) is 5.48. The van der Waals surface area contributed by atoms with Crippen LogP contribution in [-0.2, 0) is 4.74 Å². The summed E-state index contributed by atoms with van der Waals surface area (Å²) in [5, 5.41) is 7.05. The standard InChI is InChI=1S/C13H26N2O/c1-13(2)5-3-11(9-13)15-6-4-12-10-14-7-8-16-12/h11-12,14-15H,3-10H2,1-2H3. The van der Waals surface area contributed by atoms with Crippen molar-refractivity contribution in [3.8, 4) is 0 Å². The number of morpholine rings is 1. The average Bonchev–Trinajstić information content (AvgIpc) is 2.60. The molecule has 0 radical (unpaired) electrons. The first-order valence-electron chi connectivity index (χ1n) is 6.71. The molecular formula is C13H26N2O. The van der Waals surface area contributed by atoms with Gasteiger partial charge < -0.3 is 15.4 Å². The number of rotatable bonds is 4. The van der Waals surface area contributed by atoms with E-state index in [-0.39, 0.29) is 0 Å². The summed E-state index contributed by atoms with van der Waals surface area (Å²) in [6, 6.07) is 0.742. The van der Waals surface area contributed by atoms with Crippen molar-refractivity contribution in [2.24, 2.45) is 5.41 Å². The second-order valence-corrected chi connectivity index (χ2v) is 6.04. The van der Waals surface area contributed by atoms with Crippen LogP contribution in [0.4, 0.5) is 0 Å². The smallest absolute Gasteiger partial charge is 0.0712 e. The molecule has 0 aromatic rings. The van der Waals surface area contributed by atoms with Crippen molar-refractivity contribution >= 4 is 0 Å². The molecule has 3 nitrogen and oxygen atoms in total. The van der Waals surface area contributed by atoms with Gasteiger partial charge in [0, 0.05) is 19.1 Å². The van der Waals surface area contributed by atoms with Crippen molar-refractivity contribution in [2.45, 2.75) is 51.7 Å². The van der Waals surface area contributed by atoms with E-state index in [2.05, 4.69) is 24.5 Å². The molecule has 1 saturated carbocycles. The Bertz CT molecular complexity index is 212. The number of nitrogens with one attached hydrogen (secondary N) is 2. The highest BCUT2D eigenvalue weighted by molar-refractivity contribution is 4.86. The molecule has 1 aliphatic carbocycles. The van der Waals surface area contributed by atoms with Gasteiger partial charge in [-0.2, -0.15) is 0 Å². The normalized spacial score (nSPS) is 34.1. The van der Waals surface area contributed by atoms with Crippen LogP contribution in [0.25, 0.3) is 0 Å². The maximum Gasteiger partial charge on any atom is 0.0712 e. The number of ether oxygens (including phenoxy) is 1. The molecule has 0 bridgehead atoms. The Balaban J connectivity index is 1.58. The van der Waals surface area contributed by atoms with Crippen molar-refractivity contribution in [1.29, 1.82) is 0 Å². The zero-order valence-electron chi connectivity index (χ0n) is 10.7. The molecule has 0 amide bonds. The molecule has 2 rings (SSSR count). The molecule has 0 aromatic heterocycles. The topological polar surface area (TPSA) is 33.3 Å². The summed E-state index contributed by atoms with van der Waals surface area (Å²) in [7, 11) is 0. The summed E-state index contributed by atoms with van der Waals surface area (Å²) in [5.74, 6) is 0. The Morgan fingerprint density at radius 2 is 2.31 bits per heavy atom. The van der Waals surface area contributed by atoms with Gasteiger partial charge in [-0.25, -0.2) is 0 Å². The van der Waals surface area contributed by atoms with Crippen LogP contribution in [0.2, 0.25) is 0 Å². The fraction of sp³-hybridized carbons (Fsp3) is 1.00. The van der Waals surface area contributed by atoms with Crippen LogP contribution in [0, 0.1) is 5.41 Å². The molecule has 2 aliphatic rings. The summed E-state index contributed by atoms with van der Waals surface area (Å²) >= 11 is 0. The van der Waals surface area contributed by atoms with Crippen molar-refractivity contribution in [2.75, 3.05) is 26.2 Å². The van der Waals surface area contributed by atoms with Gasteiger partial charge in [-0.15, -0.1) is 0 Å². The SMILES string of the molecule is CC1(C)CCC(NCCC2CNCCO2)C1. The lowest BCUT2D eigenvalue weighted by Gasteiger charge is -2.24. The van der Waals surface area contributed by atoms with Gasteiger partial charge in [0.25, 0.3) is 0 Å². The Hall–Kier alpha value is -0.120. The van der Waals surface area contributed by atoms with Crippen LogP contribution in [0.5, 0.6) is 0 Å². The number of hydrogen-bond donors (Lipinski definition) is 2. The zero-order chi connectivity index (χ0) is 11.4. The molecule has 1 aliphatic heterocycles. The minimum absolute atomic E-state index is 0.427. The van der Waals surface area contributed by atoms with Gasteiger partial charge in [0.1, 0.15) is 0 Å². The predicted molar refractivity (Wildman–Crippen MR) is 66.6 cm³/mol. The van der Waals surface area contributed by atoms with Crippen molar-refractivity contribution in [1.82, 2.24) is 10.6 Å². The number of hydrogen-bond acceptors (Lipinski definition) is 3. The summed E-state index contributed by atoms with van der Waals surface area (Å²) in [6.07, 6.45) is 5.61. The lowest BCUT2D eigenvalue weighted by molar-refractivity contribution is 0.0235. The van der Waals surface area contributed by atoms with E-state index in [1.807, 2.05) is 0 Å².